The van der Waals surface area contributed by atoms with E-state index in [1.807, 2.05) is 18.2 Å². The number of rotatable bonds is 4. The molecule has 2 heterocycles. The van der Waals surface area contributed by atoms with Gasteiger partial charge in [-0.2, -0.15) is 5.10 Å². The van der Waals surface area contributed by atoms with Crippen LogP contribution in [0.4, 0.5) is 0 Å². The largest absolute Gasteiger partial charge is 0.368 e. The smallest absolute Gasteiger partial charge is 0.217 e. The summed E-state index contributed by atoms with van der Waals surface area (Å²) in [7, 11) is 0. The Labute approximate surface area is 155 Å². The maximum atomic E-state index is 11.6. The molecule has 1 aromatic carbocycles. The third-order valence-electron chi connectivity index (χ3n) is 4.83. The number of nitrogens with one attached hydrogen (secondary N) is 2. The highest BCUT2D eigenvalue weighted by molar-refractivity contribution is 5.73. The Hall–Kier alpha value is -2.14. The van der Waals surface area contributed by atoms with E-state index in [4.69, 9.17) is 4.74 Å². The van der Waals surface area contributed by atoms with Gasteiger partial charge in [-0.05, 0) is 30.9 Å². The van der Waals surface area contributed by atoms with E-state index in [0.29, 0.717) is 0 Å². The van der Waals surface area contributed by atoms with Gasteiger partial charge in [0.2, 0.25) is 5.91 Å². The van der Waals surface area contributed by atoms with E-state index in [-0.39, 0.29) is 29.6 Å². The normalized spacial score (nSPS) is 23.6. The molecule has 3 atom stereocenters. The molecule has 26 heavy (non-hydrogen) atoms. The van der Waals surface area contributed by atoms with Crippen LogP contribution in [-0.4, -0.2) is 28.3 Å². The highest BCUT2D eigenvalue weighted by atomic mass is 16.5. The van der Waals surface area contributed by atoms with E-state index in [1.165, 1.54) is 5.56 Å². The lowest BCUT2D eigenvalue weighted by Crippen LogP contribution is -2.42. The molecule has 0 bridgehead atoms. The lowest BCUT2D eigenvalue weighted by molar-refractivity contribution is -0.122. The lowest BCUT2D eigenvalue weighted by Gasteiger charge is -2.35. The molecule has 0 unspecified atom stereocenters. The van der Waals surface area contributed by atoms with E-state index < -0.39 is 0 Å². The fourth-order valence-electron chi connectivity index (χ4n) is 3.52. The van der Waals surface area contributed by atoms with Crippen LogP contribution in [0, 0.1) is 0 Å². The minimum absolute atomic E-state index is 0.00843. The van der Waals surface area contributed by atoms with E-state index in [2.05, 4.69) is 54.5 Å². The van der Waals surface area contributed by atoms with Crippen LogP contribution in [0.3, 0.4) is 0 Å². The molecule has 0 saturated carbocycles. The summed E-state index contributed by atoms with van der Waals surface area (Å²) in [6, 6.07) is 12.6. The predicted octanol–water partition coefficient (Wildman–Crippen LogP) is 3.67. The Morgan fingerprint density at radius 1 is 1.27 bits per heavy atom. The molecule has 1 aliphatic heterocycles. The molecule has 5 heteroatoms. The van der Waals surface area contributed by atoms with Gasteiger partial charge in [0.1, 0.15) is 6.10 Å². The standard InChI is InChI=1S/C21H29N3O2/c1-14(25)22-16-11-17(10-15-8-6-5-7-9-15)26-19(12-16)18-13-20(24-23-18)21(2,3)4/h5-9,13,16-17,19H,10-12H2,1-4H3,(H,22,25)(H,23,24)/t16-,17+,19+/m1/s1. The molecule has 0 aliphatic carbocycles. The third-order valence-corrected chi connectivity index (χ3v) is 4.83. The number of carbonyl (C=O) groups is 1. The van der Waals surface area contributed by atoms with Crippen LogP contribution in [0.25, 0.3) is 0 Å². The van der Waals surface area contributed by atoms with Gasteiger partial charge in [0.05, 0.1) is 17.5 Å². The van der Waals surface area contributed by atoms with Crippen molar-refractivity contribution in [3.8, 4) is 0 Å². The van der Waals surface area contributed by atoms with E-state index >= 15 is 0 Å². The molecule has 0 radical (unpaired) electrons. The Morgan fingerprint density at radius 3 is 2.62 bits per heavy atom. The van der Waals surface area contributed by atoms with Crippen LogP contribution in [-0.2, 0) is 21.4 Å². The molecule has 2 N–H and O–H groups in total. The summed E-state index contributed by atoms with van der Waals surface area (Å²) in [5, 5.41) is 10.7. The quantitative estimate of drug-likeness (QED) is 0.879. The van der Waals surface area contributed by atoms with E-state index in [9.17, 15) is 4.79 Å². The zero-order valence-electron chi connectivity index (χ0n) is 16.1. The molecule has 1 aliphatic rings. The van der Waals surface area contributed by atoms with Crippen LogP contribution in [0.2, 0.25) is 0 Å². The van der Waals surface area contributed by atoms with E-state index in [0.717, 1.165) is 30.7 Å². The second-order valence-corrected chi connectivity index (χ2v) is 8.26. The van der Waals surface area contributed by atoms with Crippen LogP contribution in [0.15, 0.2) is 36.4 Å². The summed E-state index contributed by atoms with van der Waals surface area (Å²) in [6.07, 6.45) is 2.41. The Balaban J connectivity index is 1.77. The second kappa shape index (κ2) is 7.62. The molecule has 140 valence electrons. The third kappa shape index (κ3) is 4.73. The number of hydrogen-bond acceptors (Lipinski definition) is 3. The zero-order chi connectivity index (χ0) is 18.7. The SMILES string of the molecule is CC(=O)N[C@@H]1C[C@H](Cc2ccccc2)O[C@H](c2cc(C(C)(C)C)n[nH]2)C1. The molecule has 1 fully saturated rings. The molecule has 1 amide bonds. The Morgan fingerprint density at radius 2 is 2.00 bits per heavy atom. The van der Waals surface area contributed by atoms with Crippen molar-refractivity contribution in [3.05, 3.63) is 53.3 Å². The summed E-state index contributed by atoms with van der Waals surface area (Å²) >= 11 is 0. The second-order valence-electron chi connectivity index (χ2n) is 8.26. The fraction of sp³-hybridized carbons (Fsp3) is 0.524. The van der Waals surface area contributed by atoms with Crippen molar-refractivity contribution >= 4 is 5.91 Å². The first kappa shape index (κ1) is 18.6. The molecule has 0 spiro atoms. The average molecular weight is 355 g/mol. The van der Waals surface area contributed by atoms with Crippen molar-refractivity contribution in [3.63, 3.8) is 0 Å². The number of aromatic nitrogens is 2. The lowest BCUT2D eigenvalue weighted by atomic mass is 9.90. The van der Waals surface area contributed by atoms with Gasteiger partial charge in [0.15, 0.2) is 0 Å². The van der Waals surface area contributed by atoms with Crippen LogP contribution >= 0.6 is 0 Å². The highest BCUT2D eigenvalue weighted by Crippen LogP contribution is 2.33. The first-order valence-electron chi connectivity index (χ1n) is 9.33. The fourth-order valence-corrected chi connectivity index (χ4v) is 3.52. The van der Waals surface area contributed by atoms with Gasteiger partial charge in [-0.3, -0.25) is 9.89 Å². The molecule has 3 rings (SSSR count). The predicted molar refractivity (Wildman–Crippen MR) is 102 cm³/mol. The number of nitrogens with zero attached hydrogens (tertiary/aromatic N) is 1. The number of benzene rings is 1. The number of ether oxygens (including phenoxy) is 1. The summed E-state index contributed by atoms with van der Waals surface area (Å²) in [6.45, 7) is 8.01. The number of aromatic amines is 1. The highest BCUT2D eigenvalue weighted by Gasteiger charge is 2.32. The van der Waals surface area contributed by atoms with Gasteiger partial charge in [-0.1, -0.05) is 51.1 Å². The molecular formula is C21H29N3O2. The first-order chi connectivity index (χ1) is 12.3. The van der Waals surface area contributed by atoms with Gasteiger partial charge in [-0.25, -0.2) is 0 Å². The van der Waals surface area contributed by atoms with Gasteiger partial charge in [0.25, 0.3) is 0 Å². The molecule has 1 aromatic heterocycles. The summed E-state index contributed by atoms with van der Waals surface area (Å²) in [4.78, 5) is 11.6. The summed E-state index contributed by atoms with van der Waals surface area (Å²) in [5.41, 5.74) is 3.25. The summed E-state index contributed by atoms with van der Waals surface area (Å²) < 4.78 is 6.39. The van der Waals surface area contributed by atoms with E-state index in [1.54, 1.807) is 6.92 Å². The van der Waals surface area contributed by atoms with Gasteiger partial charge in [-0.15, -0.1) is 0 Å². The Bertz CT molecular complexity index is 733. The minimum Gasteiger partial charge on any atom is -0.368 e. The monoisotopic (exact) mass is 355 g/mol. The van der Waals surface area contributed by atoms with Crippen molar-refractivity contribution in [2.24, 2.45) is 0 Å². The number of carbonyl (C=O) groups excluding carboxylic acids is 1. The van der Waals surface area contributed by atoms with Crippen molar-refractivity contribution < 1.29 is 9.53 Å². The molecular weight excluding hydrogens is 326 g/mol. The molecule has 2 aromatic rings. The van der Waals surface area contributed by atoms with Gasteiger partial charge in [0, 0.05) is 18.4 Å². The molecule has 5 nitrogen and oxygen atoms in total. The maximum absolute atomic E-state index is 11.6. The van der Waals surface area contributed by atoms with Crippen molar-refractivity contribution in [1.29, 1.82) is 0 Å². The Kier molecular flexibility index (Phi) is 5.47. The van der Waals surface area contributed by atoms with Crippen molar-refractivity contribution in [2.45, 2.75) is 70.6 Å². The maximum Gasteiger partial charge on any atom is 0.217 e. The van der Waals surface area contributed by atoms with Gasteiger partial charge >= 0.3 is 0 Å². The van der Waals surface area contributed by atoms with Crippen LogP contribution in [0.1, 0.15) is 63.6 Å². The number of H-pyrrole nitrogens is 1. The van der Waals surface area contributed by atoms with Crippen molar-refractivity contribution in [1.82, 2.24) is 15.5 Å². The number of hydrogen-bond donors (Lipinski definition) is 2. The minimum atomic E-state index is -0.0853. The topological polar surface area (TPSA) is 67.0 Å². The first-order valence-corrected chi connectivity index (χ1v) is 9.33. The van der Waals surface area contributed by atoms with Crippen molar-refractivity contribution in [2.75, 3.05) is 0 Å². The molecule has 1 saturated heterocycles. The average Bonchev–Trinajstić information content (AvgIpc) is 3.05. The van der Waals surface area contributed by atoms with Crippen LogP contribution in [0.5, 0.6) is 0 Å². The zero-order valence-corrected chi connectivity index (χ0v) is 16.1. The van der Waals surface area contributed by atoms with Crippen LogP contribution < -0.4 is 5.32 Å². The number of amides is 1. The summed E-state index contributed by atoms with van der Waals surface area (Å²) in [5.74, 6) is 0.00843. The van der Waals surface area contributed by atoms with Gasteiger partial charge < -0.3 is 10.1 Å².